The molecule has 0 saturated carbocycles. The number of anilines is 1. The third-order valence-electron chi connectivity index (χ3n) is 1.47. The van der Waals surface area contributed by atoms with Gasteiger partial charge >= 0.3 is 0 Å². The maximum Gasteiger partial charge on any atom is 0.146 e. The zero-order valence-corrected chi connectivity index (χ0v) is 6.05. The lowest BCUT2D eigenvalue weighted by Gasteiger charge is -2.03. The van der Waals surface area contributed by atoms with Crippen LogP contribution in [0.15, 0.2) is 6.33 Å². The first-order valence-electron chi connectivity index (χ1n) is 3.00. The molecule has 1 rings (SSSR count). The number of aromatic nitrogens is 2. The minimum Gasteiger partial charge on any atom is -0.308 e. The summed E-state index contributed by atoms with van der Waals surface area (Å²) >= 11 is 0. The molecule has 0 aliphatic heterocycles. The molecular weight excluding hydrogens is 128 g/mol. The van der Waals surface area contributed by atoms with E-state index in [0.717, 1.165) is 11.3 Å². The summed E-state index contributed by atoms with van der Waals surface area (Å²) in [7, 11) is 0. The molecule has 3 N–H and O–H groups in total. The molecule has 1 aromatic rings. The summed E-state index contributed by atoms with van der Waals surface area (Å²) in [5, 5.41) is 0. The third-order valence-corrected chi connectivity index (χ3v) is 1.47. The van der Waals surface area contributed by atoms with E-state index in [1.54, 1.807) is 0 Å². The number of nitrogens with two attached hydrogens (primary N) is 1. The fraction of sp³-hybridized carbons (Fsp3) is 0.333. The zero-order chi connectivity index (χ0) is 7.56. The van der Waals surface area contributed by atoms with Crippen molar-refractivity contribution in [2.45, 2.75) is 13.8 Å². The average Bonchev–Trinajstić information content (AvgIpc) is 1.95. The summed E-state index contributed by atoms with van der Waals surface area (Å²) in [6.45, 7) is 3.84. The topological polar surface area (TPSA) is 63.8 Å². The summed E-state index contributed by atoms with van der Waals surface area (Å²) in [5.41, 5.74) is 4.42. The Bertz CT molecular complexity index is 233. The van der Waals surface area contributed by atoms with Crippen LogP contribution in [0, 0.1) is 13.8 Å². The number of rotatable bonds is 1. The molecule has 54 valence electrons. The Morgan fingerprint density at radius 1 is 1.40 bits per heavy atom. The Balaban J connectivity index is 3.14. The Labute approximate surface area is 59.5 Å². The predicted molar refractivity (Wildman–Crippen MR) is 39.3 cm³/mol. The van der Waals surface area contributed by atoms with Gasteiger partial charge in [0.05, 0.1) is 0 Å². The maximum atomic E-state index is 5.18. The largest absolute Gasteiger partial charge is 0.308 e. The predicted octanol–water partition coefficient (Wildman–Crippen LogP) is 0.379. The molecule has 4 nitrogen and oxygen atoms in total. The number of nitrogen functional groups attached to an aromatic ring is 1. The molecular formula is C6H10N4. The first-order chi connectivity index (χ1) is 4.75. The molecule has 0 atom stereocenters. The van der Waals surface area contributed by atoms with Gasteiger partial charge in [0.1, 0.15) is 12.1 Å². The van der Waals surface area contributed by atoms with Crippen molar-refractivity contribution in [1.29, 1.82) is 0 Å². The van der Waals surface area contributed by atoms with E-state index < -0.39 is 0 Å². The fourth-order valence-corrected chi connectivity index (χ4v) is 0.684. The minimum atomic E-state index is 0.688. The molecule has 0 unspecified atom stereocenters. The van der Waals surface area contributed by atoms with Crippen LogP contribution in [0.3, 0.4) is 0 Å². The fourth-order valence-electron chi connectivity index (χ4n) is 0.684. The molecule has 0 saturated heterocycles. The van der Waals surface area contributed by atoms with Gasteiger partial charge in [0, 0.05) is 11.3 Å². The third kappa shape index (κ3) is 1.06. The standard InChI is InChI=1S/C6H10N4/c1-4-5(2)8-3-9-6(4)10-7/h3H,7H2,1-2H3,(H,8,9,10). The van der Waals surface area contributed by atoms with E-state index in [4.69, 9.17) is 5.84 Å². The van der Waals surface area contributed by atoms with Crippen molar-refractivity contribution in [1.82, 2.24) is 9.97 Å². The number of aryl methyl sites for hydroxylation is 1. The van der Waals surface area contributed by atoms with Crippen LogP contribution in [0.2, 0.25) is 0 Å². The molecule has 0 fully saturated rings. The highest BCUT2D eigenvalue weighted by atomic mass is 15.3. The first kappa shape index (κ1) is 6.95. The summed E-state index contributed by atoms with van der Waals surface area (Å²) in [6.07, 6.45) is 1.48. The quantitative estimate of drug-likeness (QED) is 0.435. The van der Waals surface area contributed by atoms with Crippen LogP contribution in [0.25, 0.3) is 0 Å². The second kappa shape index (κ2) is 2.62. The van der Waals surface area contributed by atoms with Crippen LogP contribution in [0.5, 0.6) is 0 Å². The molecule has 1 heterocycles. The Hall–Kier alpha value is -1.16. The molecule has 0 spiro atoms. The van der Waals surface area contributed by atoms with Crippen molar-refractivity contribution < 1.29 is 0 Å². The number of hydrogen-bond acceptors (Lipinski definition) is 4. The van der Waals surface area contributed by atoms with Gasteiger partial charge < -0.3 is 5.43 Å². The number of hydrogen-bond donors (Lipinski definition) is 2. The molecule has 0 aliphatic rings. The van der Waals surface area contributed by atoms with Gasteiger partial charge in [0.15, 0.2) is 0 Å². The smallest absolute Gasteiger partial charge is 0.146 e. The van der Waals surface area contributed by atoms with Crippen LogP contribution >= 0.6 is 0 Å². The Morgan fingerprint density at radius 3 is 2.60 bits per heavy atom. The van der Waals surface area contributed by atoms with Gasteiger partial charge in [-0.2, -0.15) is 0 Å². The monoisotopic (exact) mass is 138 g/mol. The summed E-state index contributed by atoms with van der Waals surface area (Å²) in [6, 6.07) is 0. The lowest BCUT2D eigenvalue weighted by molar-refractivity contribution is 1.05. The van der Waals surface area contributed by atoms with Crippen molar-refractivity contribution in [2.75, 3.05) is 5.43 Å². The van der Waals surface area contributed by atoms with E-state index in [9.17, 15) is 0 Å². The summed E-state index contributed by atoms with van der Waals surface area (Å²) in [5.74, 6) is 5.87. The molecule has 0 amide bonds. The van der Waals surface area contributed by atoms with Crippen molar-refractivity contribution in [2.24, 2.45) is 5.84 Å². The van der Waals surface area contributed by atoms with Crippen LogP contribution in [0.4, 0.5) is 5.82 Å². The van der Waals surface area contributed by atoms with E-state index >= 15 is 0 Å². The molecule has 4 heteroatoms. The minimum absolute atomic E-state index is 0.688. The van der Waals surface area contributed by atoms with Crippen molar-refractivity contribution in [3.63, 3.8) is 0 Å². The van der Waals surface area contributed by atoms with Crippen LogP contribution < -0.4 is 11.3 Å². The Kier molecular flexibility index (Phi) is 1.82. The van der Waals surface area contributed by atoms with E-state index in [-0.39, 0.29) is 0 Å². The highest BCUT2D eigenvalue weighted by Gasteiger charge is 1.98. The molecule has 0 aromatic carbocycles. The van der Waals surface area contributed by atoms with Gasteiger partial charge in [-0.15, -0.1) is 0 Å². The van der Waals surface area contributed by atoms with E-state index in [2.05, 4.69) is 15.4 Å². The first-order valence-corrected chi connectivity index (χ1v) is 3.00. The normalized spacial score (nSPS) is 9.50. The van der Waals surface area contributed by atoms with E-state index in [1.807, 2.05) is 13.8 Å². The lowest BCUT2D eigenvalue weighted by atomic mass is 10.2. The number of hydrazine groups is 1. The van der Waals surface area contributed by atoms with Gasteiger partial charge in [-0.3, -0.25) is 0 Å². The molecule has 1 aromatic heterocycles. The molecule has 0 aliphatic carbocycles. The van der Waals surface area contributed by atoms with Crippen molar-refractivity contribution in [3.8, 4) is 0 Å². The van der Waals surface area contributed by atoms with Crippen LogP contribution in [0.1, 0.15) is 11.3 Å². The van der Waals surface area contributed by atoms with Gasteiger partial charge in [0.25, 0.3) is 0 Å². The Morgan fingerprint density at radius 2 is 2.10 bits per heavy atom. The van der Waals surface area contributed by atoms with Crippen molar-refractivity contribution >= 4 is 5.82 Å². The van der Waals surface area contributed by atoms with E-state index in [1.165, 1.54) is 6.33 Å². The summed E-state index contributed by atoms with van der Waals surface area (Å²) < 4.78 is 0. The summed E-state index contributed by atoms with van der Waals surface area (Å²) in [4.78, 5) is 7.89. The highest BCUT2D eigenvalue weighted by Crippen LogP contribution is 2.09. The second-order valence-corrected chi connectivity index (χ2v) is 2.08. The van der Waals surface area contributed by atoms with Gasteiger partial charge in [-0.25, -0.2) is 15.8 Å². The van der Waals surface area contributed by atoms with Crippen molar-refractivity contribution in [3.05, 3.63) is 17.6 Å². The molecule has 10 heavy (non-hydrogen) atoms. The van der Waals surface area contributed by atoms with Gasteiger partial charge in [-0.05, 0) is 13.8 Å². The van der Waals surface area contributed by atoms with Crippen LogP contribution in [-0.4, -0.2) is 9.97 Å². The second-order valence-electron chi connectivity index (χ2n) is 2.08. The average molecular weight is 138 g/mol. The number of nitrogens with zero attached hydrogens (tertiary/aromatic N) is 2. The zero-order valence-electron chi connectivity index (χ0n) is 6.05. The van der Waals surface area contributed by atoms with Crippen LogP contribution in [-0.2, 0) is 0 Å². The molecule has 0 bridgehead atoms. The highest BCUT2D eigenvalue weighted by molar-refractivity contribution is 5.42. The molecule has 0 radical (unpaired) electrons. The maximum absolute atomic E-state index is 5.18. The number of nitrogens with one attached hydrogen (secondary N) is 1. The van der Waals surface area contributed by atoms with Gasteiger partial charge in [0.2, 0.25) is 0 Å². The lowest BCUT2D eigenvalue weighted by Crippen LogP contribution is -2.11. The SMILES string of the molecule is Cc1ncnc(NN)c1C. The van der Waals surface area contributed by atoms with Gasteiger partial charge in [-0.1, -0.05) is 0 Å². The van der Waals surface area contributed by atoms with E-state index in [0.29, 0.717) is 5.82 Å².